The van der Waals surface area contributed by atoms with Crippen molar-refractivity contribution in [2.45, 2.75) is 19.3 Å². The molecule has 0 aromatic carbocycles. The summed E-state index contributed by atoms with van der Waals surface area (Å²) < 4.78 is 25.7. The van der Waals surface area contributed by atoms with Gasteiger partial charge in [0.15, 0.2) is 0 Å². The van der Waals surface area contributed by atoms with Crippen LogP contribution in [0, 0.1) is 11.5 Å². The summed E-state index contributed by atoms with van der Waals surface area (Å²) >= 11 is 0. The van der Waals surface area contributed by atoms with Gasteiger partial charge in [-0.25, -0.2) is 8.42 Å². The van der Waals surface area contributed by atoms with Crippen LogP contribution in [0.15, 0.2) is 0 Å². The van der Waals surface area contributed by atoms with Crippen LogP contribution in [0.5, 0.6) is 0 Å². The Morgan fingerprint density at radius 2 is 2.00 bits per heavy atom. The Bertz CT molecular complexity index is 240. The molecule has 0 saturated heterocycles. The second-order valence-electron chi connectivity index (χ2n) is 2.63. The highest BCUT2D eigenvalue weighted by Gasteiger charge is 2.00. The van der Waals surface area contributed by atoms with Gasteiger partial charge < -0.3 is 4.74 Å². The molecule has 0 atom stereocenters. The minimum absolute atomic E-state index is 0.222. The van der Waals surface area contributed by atoms with Gasteiger partial charge in [-0.3, -0.25) is 0 Å². The highest BCUT2D eigenvalue weighted by atomic mass is 32.2. The molecule has 5 heteroatoms. The van der Waals surface area contributed by atoms with Gasteiger partial charge in [0.1, 0.15) is 16.4 Å². The Labute approximate surface area is 73.1 Å². The molecule has 0 radical (unpaired) electrons. The maximum atomic E-state index is 10.6. The number of hydrogen-bond donors (Lipinski definition) is 0. The molecule has 0 aliphatic rings. The third kappa shape index (κ3) is 9.24. The van der Waals surface area contributed by atoms with Gasteiger partial charge in [0.2, 0.25) is 0 Å². The van der Waals surface area contributed by atoms with Gasteiger partial charge >= 0.3 is 0 Å². The lowest BCUT2D eigenvalue weighted by atomic mass is 10.3. The van der Waals surface area contributed by atoms with E-state index in [0.29, 0.717) is 13.0 Å². The van der Waals surface area contributed by atoms with Gasteiger partial charge in [0.25, 0.3) is 6.26 Å². The molecule has 12 heavy (non-hydrogen) atoms. The second kappa shape index (κ2) is 5.84. The number of nitrogens with zero attached hydrogens (tertiary/aromatic N) is 1. The zero-order valence-electron chi connectivity index (χ0n) is 7.12. The topological polar surface area (TPSA) is 67.2 Å². The average Bonchev–Trinajstić information content (AvgIpc) is 1.94. The molecule has 0 bridgehead atoms. The number of ether oxygens (including phenoxy) is 1. The first-order chi connectivity index (χ1) is 5.56. The van der Waals surface area contributed by atoms with E-state index in [9.17, 15) is 8.42 Å². The van der Waals surface area contributed by atoms with Crippen LogP contribution >= 0.6 is 0 Å². The van der Waals surface area contributed by atoms with Crippen LogP contribution in [-0.4, -0.2) is 27.0 Å². The van der Waals surface area contributed by atoms with Crippen LogP contribution in [0.4, 0.5) is 0 Å². The predicted molar refractivity (Wildman–Crippen MR) is 45.1 cm³/mol. The molecule has 0 fully saturated rings. The van der Waals surface area contributed by atoms with E-state index in [4.69, 9.17) is 5.26 Å². The van der Waals surface area contributed by atoms with Gasteiger partial charge in [-0.15, -0.1) is 0 Å². The molecule has 0 rings (SSSR count). The summed E-state index contributed by atoms with van der Waals surface area (Å²) in [7, 11) is -2.82. The molecule has 70 valence electrons. The number of rotatable bonds is 6. The van der Waals surface area contributed by atoms with Crippen molar-refractivity contribution in [3.8, 4) is 6.26 Å². The van der Waals surface area contributed by atoms with Crippen LogP contribution in [0.2, 0.25) is 0 Å². The molecule has 0 aliphatic heterocycles. The van der Waals surface area contributed by atoms with Gasteiger partial charge in [-0.2, -0.15) is 5.26 Å². The molecular weight excluding hydrogens is 178 g/mol. The van der Waals surface area contributed by atoms with E-state index < -0.39 is 9.84 Å². The monoisotopic (exact) mass is 191 g/mol. The van der Waals surface area contributed by atoms with Gasteiger partial charge in [0.05, 0.1) is 0 Å². The van der Waals surface area contributed by atoms with Crippen molar-refractivity contribution >= 4 is 9.84 Å². The van der Waals surface area contributed by atoms with E-state index in [-0.39, 0.29) is 5.75 Å². The predicted octanol–water partition coefficient (Wildman–Crippen LogP) is 0.699. The normalized spacial score (nSPS) is 10.7. The third-order valence-corrected chi connectivity index (χ3v) is 2.36. The summed E-state index contributed by atoms with van der Waals surface area (Å²) in [5.41, 5.74) is 0. The SMILES string of the molecule is CS(=O)(=O)CCCCCOC#N. The number of nitriles is 1. The average molecular weight is 191 g/mol. The molecule has 0 amide bonds. The van der Waals surface area contributed by atoms with E-state index in [1.807, 2.05) is 0 Å². The first kappa shape index (κ1) is 11.2. The zero-order valence-corrected chi connectivity index (χ0v) is 7.93. The van der Waals surface area contributed by atoms with E-state index in [2.05, 4.69) is 4.74 Å². The number of sulfone groups is 1. The fourth-order valence-electron chi connectivity index (χ4n) is 0.761. The maximum absolute atomic E-state index is 10.6. The highest BCUT2D eigenvalue weighted by molar-refractivity contribution is 7.90. The van der Waals surface area contributed by atoms with E-state index >= 15 is 0 Å². The molecule has 0 heterocycles. The molecule has 0 aromatic heterocycles. The molecule has 0 saturated carbocycles. The van der Waals surface area contributed by atoms with E-state index in [1.54, 1.807) is 6.26 Å². The fraction of sp³-hybridized carbons (Fsp3) is 0.857. The van der Waals surface area contributed by atoms with Crippen molar-refractivity contribution in [2.75, 3.05) is 18.6 Å². The lowest BCUT2D eigenvalue weighted by molar-refractivity contribution is 0.261. The largest absolute Gasteiger partial charge is 0.428 e. The van der Waals surface area contributed by atoms with Gasteiger partial charge in [-0.1, -0.05) is 0 Å². The minimum atomic E-state index is -2.82. The summed E-state index contributed by atoms with van der Waals surface area (Å²) in [6.07, 6.45) is 4.95. The van der Waals surface area contributed by atoms with Crippen molar-refractivity contribution < 1.29 is 13.2 Å². The van der Waals surface area contributed by atoms with Crippen molar-refractivity contribution in [3.63, 3.8) is 0 Å². The summed E-state index contributed by atoms with van der Waals surface area (Å²) in [5.74, 6) is 0.222. The number of hydrogen-bond acceptors (Lipinski definition) is 4. The summed E-state index contributed by atoms with van der Waals surface area (Å²) in [6.45, 7) is 0.389. The van der Waals surface area contributed by atoms with Crippen LogP contribution in [0.3, 0.4) is 0 Å². The van der Waals surface area contributed by atoms with Crippen molar-refractivity contribution in [3.05, 3.63) is 0 Å². The smallest absolute Gasteiger partial charge is 0.286 e. The second-order valence-corrected chi connectivity index (χ2v) is 4.89. The lowest BCUT2D eigenvalue weighted by Crippen LogP contribution is -2.02. The Kier molecular flexibility index (Phi) is 5.47. The minimum Gasteiger partial charge on any atom is -0.428 e. The van der Waals surface area contributed by atoms with Crippen molar-refractivity contribution in [2.24, 2.45) is 0 Å². The maximum Gasteiger partial charge on any atom is 0.286 e. The van der Waals surface area contributed by atoms with Gasteiger partial charge in [0, 0.05) is 12.0 Å². The van der Waals surface area contributed by atoms with E-state index in [0.717, 1.165) is 12.8 Å². The van der Waals surface area contributed by atoms with Crippen LogP contribution in [-0.2, 0) is 14.6 Å². The molecule has 0 N–H and O–H groups in total. The zero-order chi connectivity index (χ0) is 9.45. The standard InChI is InChI=1S/C7H13NO3S/c1-12(9,10)6-4-2-3-5-11-7-8/h2-6H2,1H3. The van der Waals surface area contributed by atoms with Crippen LogP contribution in [0.25, 0.3) is 0 Å². The molecule has 0 unspecified atom stereocenters. The van der Waals surface area contributed by atoms with Crippen molar-refractivity contribution in [1.29, 1.82) is 5.26 Å². The quantitative estimate of drug-likeness (QED) is 0.458. The Morgan fingerprint density at radius 3 is 2.50 bits per heavy atom. The lowest BCUT2D eigenvalue weighted by Gasteiger charge is -1.97. The molecular formula is C7H13NO3S. The Balaban J connectivity index is 3.18. The van der Waals surface area contributed by atoms with E-state index in [1.165, 1.54) is 6.26 Å². The Morgan fingerprint density at radius 1 is 1.33 bits per heavy atom. The summed E-state index contributed by atoms with van der Waals surface area (Å²) in [6, 6.07) is 0. The van der Waals surface area contributed by atoms with Gasteiger partial charge in [-0.05, 0) is 19.3 Å². The molecule has 4 nitrogen and oxygen atoms in total. The first-order valence-electron chi connectivity index (χ1n) is 3.75. The van der Waals surface area contributed by atoms with Crippen LogP contribution < -0.4 is 0 Å². The summed E-state index contributed by atoms with van der Waals surface area (Å²) in [4.78, 5) is 0. The fourth-order valence-corrected chi connectivity index (χ4v) is 1.49. The highest BCUT2D eigenvalue weighted by Crippen LogP contribution is 1.98. The molecule has 0 spiro atoms. The number of unbranched alkanes of at least 4 members (excludes halogenated alkanes) is 2. The third-order valence-electron chi connectivity index (χ3n) is 1.33. The molecule has 0 aliphatic carbocycles. The Hall–Kier alpha value is -0.760. The van der Waals surface area contributed by atoms with Crippen molar-refractivity contribution in [1.82, 2.24) is 0 Å². The van der Waals surface area contributed by atoms with Crippen LogP contribution in [0.1, 0.15) is 19.3 Å². The molecule has 0 aromatic rings. The summed E-state index contributed by atoms with van der Waals surface area (Å²) in [5, 5.41) is 7.98. The first-order valence-corrected chi connectivity index (χ1v) is 5.81.